The first kappa shape index (κ1) is 16.0. The van der Waals surface area contributed by atoms with Crippen LogP contribution < -0.4 is 0 Å². The van der Waals surface area contributed by atoms with Crippen LogP contribution in [0.4, 0.5) is 0 Å². The highest BCUT2D eigenvalue weighted by molar-refractivity contribution is 7.88. The molecule has 23 heavy (non-hydrogen) atoms. The van der Waals surface area contributed by atoms with Gasteiger partial charge in [-0.05, 0) is 25.0 Å². The molecule has 2 aromatic rings. The van der Waals surface area contributed by atoms with Crippen LogP contribution in [0.5, 0.6) is 0 Å². The molecule has 1 fully saturated rings. The maximum atomic E-state index is 12.6. The molecule has 0 unspecified atom stereocenters. The number of sulfonamides is 1. The molecule has 0 bridgehead atoms. The molecule has 0 spiro atoms. The van der Waals surface area contributed by atoms with E-state index in [4.69, 9.17) is 0 Å². The minimum Gasteiger partial charge on any atom is -0.351 e. The van der Waals surface area contributed by atoms with Crippen molar-refractivity contribution in [3.8, 4) is 0 Å². The van der Waals surface area contributed by atoms with Gasteiger partial charge in [0.2, 0.25) is 10.0 Å². The van der Waals surface area contributed by atoms with E-state index in [9.17, 15) is 13.2 Å². The Morgan fingerprint density at radius 1 is 1.26 bits per heavy atom. The summed E-state index contributed by atoms with van der Waals surface area (Å²) < 4.78 is 24.6. The molecule has 1 aliphatic heterocycles. The molecule has 0 radical (unpaired) electrons. The molecule has 1 N–H and O–H groups in total. The summed E-state index contributed by atoms with van der Waals surface area (Å²) in [5.41, 5.74) is 1.53. The van der Waals surface area contributed by atoms with Gasteiger partial charge in [0.1, 0.15) is 5.69 Å². The van der Waals surface area contributed by atoms with Crippen molar-refractivity contribution >= 4 is 26.8 Å². The van der Waals surface area contributed by atoms with Crippen LogP contribution in [0, 0.1) is 0 Å². The number of para-hydroxylation sites is 1. The van der Waals surface area contributed by atoms with Crippen molar-refractivity contribution in [2.24, 2.45) is 0 Å². The van der Waals surface area contributed by atoms with Crippen LogP contribution in [0.15, 0.2) is 30.3 Å². The summed E-state index contributed by atoms with van der Waals surface area (Å²) in [6.45, 7) is 1.14. The van der Waals surface area contributed by atoms with Gasteiger partial charge in [-0.25, -0.2) is 12.7 Å². The van der Waals surface area contributed by atoms with Crippen LogP contribution in [-0.2, 0) is 10.0 Å². The molecule has 0 aliphatic carbocycles. The maximum absolute atomic E-state index is 12.6. The second-order valence-electron chi connectivity index (χ2n) is 6.07. The first-order chi connectivity index (χ1) is 10.9. The van der Waals surface area contributed by atoms with Crippen LogP contribution in [0.3, 0.4) is 0 Å². The molecule has 0 saturated carbocycles. The third-order valence-corrected chi connectivity index (χ3v) is 5.89. The number of nitrogens with zero attached hydrogens (tertiary/aromatic N) is 2. The molecule has 2 heterocycles. The second-order valence-corrected chi connectivity index (χ2v) is 8.11. The van der Waals surface area contributed by atoms with Crippen LogP contribution in [0.25, 0.3) is 10.9 Å². The zero-order chi connectivity index (χ0) is 16.6. The van der Waals surface area contributed by atoms with E-state index in [-0.39, 0.29) is 11.9 Å². The van der Waals surface area contributed by atoms with Crippen LogP contribution in [-0.4, -0.2) is 60.9 Å². The number of hydrogen-bond donors (Lipinski definition) is 1. The number of likely N-dealkylation sites (tertiary alicyclic amines) is 1. The van der Waals surface area contributed by atoms with Gasteiger partial charge in [-0.15, -0.1) is 0 Å². The first-order valence-electron chi connectivity index (χ1n) is 7.66. The number of aromatic amines is 1. The maximum Gasteiger partial charge on any atom is 0.270 e. The van der Waals surface area contributed by atoms with E-state index in [2.05, 4.69) is 4.98 Å². The predicted molar refractivity (Wildman–Crippen MR) is 89.8 cm³/mol. The molecular formula is C16H21N3O3S. The fourth-order valence-corrected chi connectivity index (χ4v) is 3.81. The molecule has 6 nitrogen and oxygen atoms in total. The molecule has 0 atom stereocenters. The summed E-state index contributed by atoms with van der Waals surface area (Å²) in [6.07, 6.45) is 2.54. The highest BCUT2D eigenvalue weighted by atomic mass is 32.2. The number of carbonyl (C=O) groups is 1. The Balaban J connectivity index is 1.68. The van der Waals surface area contributed by atoms with Crippen molar-refractivity contribution in [2.75, 3.05) is 26.4 Å². The van der Waals surface area contributed by atoms with Gasteiger partial charge >= 0.3 is 0 Å². The smallest absolute Gasteiger partial charge is 0.270 e. The lowest BCUT2D eigenvalue weighted by molar-refractivity contribution is 0.0681. The van der Waals surface area contributed by atoms with E-state index in [0.29, 0.717) is 31.6 Å². The molecule has 1 saturated heterocycles. The fourth-order valence-electron chi connectivity index (χ4n) is 3.06. The fraction of sp³-hybridized carbons (Fsp3) is 0.438. The Kier molecular flexibility index (Phi) is 4.16. The lowest BCUT2D eigenvalue weighted by Gasteiger charge is -2.35. The van der Waals surface area contributed by atoms with E-state index in [0.717, 1.165) is 10.9 Å². The number of hydrogen-bond acceptors (Lipinski definition) is 3. The van der Waals surface area contributed by atoms with Crippen LogP contribution in [0.1, 0.15) is 23.3 Å². The molecule has 7 heteroatoms. The van der Waals surface area contributed by atoms with Crippen molar-refractivity contribution < 1.29 is 13.2 Å². The number of rotatable bonds is 3. The predicted octanol–water partition coefficient (Wildman–Crippen LogP) is 1.66. The first-order valence-corrected chi connectivity index (χ1v) is 9.51. The van der Waals surface area contributed by atoms with Gasteiger partial charge < -0.3 is 9.88 Å². The summed E-state index contributed by atoms with van der Waals surface area (Å²) in [4.78, 5) is 17.5. The SMILES string of the molecule is CN(C1CCN(C(=O)c2cc3ccccc3[nH]2)CC1)S(C)(=O)=O. The van der Waals surface area contributed by atoms with E-state index in [1.165, 1.54) is 10.6 Å². The van der Waals surface area contributed by atoms with Crippen molar-refractivity contribution in [1.82, 2.24) is 14.2 Å². The van der Waals surface area contributed by atoms with Gasteiger partial charge in [0.05, 0.1) is 6.26 Å². The summed E-state index contributed by atoms with van der Waals surface area (Å²) in [5, 5.41) is 1.02. The lowest BCUT2D eigenvalue weighted by atomic mass is 10.1. The van der Waals surface area contributed by atoms with Crippen molar-refractivity contribution in [2.45, 2.75) is 18.9 Å². The van der Waals surface area contributed by atoms with Crippen molar-refractivity contribution in [3.63, 3.8) is 0 Å². The number of fused-ring (bicyclic) bond motifs is 1. The zero-order valence-corrected chi connectivity index (χ0v) is 14.1. The van der Waals surface area contributed by atoms with E-state index >= 15 is 0 Å². The second kappa shape index (κ2) is 5.98. The molecule has 1 aromatic heterocycles. The summed E-state index contributed by atoms with van der Waals surface area (Å²) in [5.74, 6) is -0.0262. The van der Waals surface area contributed by atoms with Crippen molar-refractivity contribution in [1.29, 1.82) is 0 Å². The van der Waals surface area contributed by atoms with Gasteiger partial charge in [0, 0.05) is 37.1 Å². The Morgan fingerprint density at radius 2 is 1.91 bits per heavy atom. The average molecular weight is 335 g/mol. The number of amides is 1. The number of nitrogens with one attached hydrogen (secondary N) is 1. The third kappa shape index (κ3) is 3.25. The molecule has 1 aromatic carbocycles. The molecule has 1 amide bonds. The molecule has 3 rings (SSSR count). The molecule has 1 aliphatic rings. The Hall–Kier alpha value is -1.86. The monoisotopic (exact) mass is 335 g/mol. The topological polar surface area (TPSA) is 73.5 Å². The van der Waals surface area contributed by atoms with E-state index in [1.54, 1.807) is 11.9 Å². The quantitative estimate of drug-likeness (QED) is 0.927. The Morgan fingerprint density at radius 3 is 2.52 bits per heavy atom. The largest absolute Gasteiger partial charge is 0.351 e. The van der Waals surface area contributed by atoms with Gasteiger partial charge in [0.25, 0.3) is 5.91 Å². The normalized spacial score (nSPS) is 17.1. The number of carbonyl (C=O) groups excluding carboxylic acids is 1. The number of H-pyrrole nitrogens is 1. The molecule has 124 valence electrons. The minimum absolute atomic E-state index is 0.0262. The zero-order valence-electron chi connectivity index (χ0n) is 13.3. The Labute approximate surface area is 136 Å². The minimum atomic E-state index is -3.19. The van der Waals surface area contributed by atoms with Gasteiger partial charge in [-0.1, -0.05) is 18.2 Å². The highest BCUT2D eigenvalue weighted by Crippen LogP contribution is 2.21. The third-order valence-electron chi connectivity index (χ3n) is 4.55. The average Bonchev–Trinajstić information content (AvgIpc) is 2.96. The lowest BCUT2D eigenvalue weighted by Crippen LogP contribution is -2.47. The number of piperidine rings is 1. The van der Waals surface area contributed by atoms with Crippen LogP contribution in [0.2, 0.25) is 0 Å². The number of benzene rings is 1. The van der Waals surface area contributed by atoms with Gasteiger partial charge in [0.15, 0.2) is 0 Å². The van der Waals surface area contributed by atoms with Gasteiger partial charge in [-0.2, -0.15) is 0 Å². The molecular weight excluding hydrogens is 314 g/mol. The van der Waals surface area contributed by atoms with Crippen LogP contribution >= 0.6 is 0 Å². The summed E-state index contributed by atoms with van der Waals surface area (Å²) in [7, 11) is -1.58. The van der Waals surface area contributed by atoms with Gasteiger partial charge in [-0.3, -0.25) is 4.79 Å². The Bertz CT molecular complexity index is 787. The van der Waals surface area contributed by atoms with E-state index in [1.807, 2.05) is 30.3 Å². The van der Waals surface area contributed by atoms with Crippen molar-refractivity contribution in [3.05, 3.63) is 36.0 Å². The highest BCUT2D eigenvalue weighted by Gasteiger charge is 2.29. The standard InChI is InChI=1S/C16H21N3O3S/c1-18(23(2,21)22)13-7-9-19(10-8-13)16(20)15-11-12-5-3-4-6-14(12)17-15/h3-6,11,13,17H,7-10H2,1-2H3. The summed E-state index contributed by atoms with van der Waals surface area (Å²) >= 11 is 0. The summed E-state index contributed by atoms with van der Waals surface area (Å²) in [6, 6.07) is 9.62. The number of aromatic nitrogens is 1. The van der Waals surface area contributed by atoms with E-state index < -0.39 is 10.0 Å².